The second-order valence-electron chi connectivity index (χ2n) is 6.44. The van der Waals surface area contributed by atoms with Gasteiger partial charge in [0.15, 0.2) is 11.5 Å². The normalized spacial score (nSPS) is 13.4. The van der Waals surface area contributed by atoms with Crippen molar-refractivity contribution in [3.8, 4) is 17.2 Å². The minimum atomic E-state index is -0.320. The Morgan fingerprint density at radius 3 is 1.97 bits per heavy atom. The van der Waals surface area contributed by atoms with E-state index in [1.807, 2.05) is 0 Å². The van der Waals surface area contributed by atoms with E-state index < -0.39 is 0 Å². The number of carbonyl (C=O) groups is 3. The van der Waals surface area contributed by atoms with Crippen LogP contribution in [-0.4, -0.2) is 44.0 Å². The number of imide groups is 1. The van der Waals surface area contributed by atoms with Gasteiger partial charge in [-0.25, -0.2) is 0 Å². The summed E-state index contributed by atoms with van der Waals surface area (Å²) in [6.07, 6.45) is 0.516. The first-order valence-corrected chi connectivity index (χ1v) is 9.00. The number of hydrogen-bond acceptors (Lipinski definition) is 6. The highest BCUT2D eigenvalue weighted by molar-refractivity contribution is 6.04. The number of nitrogens with zero attached hydrogens (tertiary/aromatic N) is 1. The molecule has 152 valence electrons. The average molecular weight is 398 g/mol. The van der Waals surface area contributed by atoms with Crippen molar-refractivity contribution in [2.45, 2.75) is 19.4 Å². The molecule has 1 heterocycles. The van der Waals surface area contributed by atoms with Gasteiger partial charge in [0.1, 0.15) is 0 Å². The molecule has 8 nitrogen and oxygen atoms in total. The van der Waals surface area contributed by atoms with Crippen molar-refractivity contribution < 1.29 is 28.6 Å². The number of carbonyl (C=O) groups excluding carboxylic acids is 3. The number of anilines is 1. The van der Waals surface area contributed by atoms with Crippen LogP contribution in [0.1, 0.15) is 28.8 Å². The number of methoxy groups -OCH3 is 3. The van der Waals surface area contributed by atoms with Crippen LogP contribution in [0.2, 0.25) is 0 Å². The molecule has 1 aliphatic rings. The highest BCUT2D eigenvalue weighted by Crippen LogP contribution is 2.40. The van der Waals surface area contributed by atoms with Gasteiger partial charge in [-0.3, -0.25) is 19.3 Å². The Balaban J connectivity index is 1.73. The molecule has 1 saturated heterocycles. The van der Waals surface area contributed by atoms with E-state index in [4.69, 9.17) is 14.2 Å². The van der Waals surface area contributed by atoms with Gasteiger partial charge < -0.3 is 19.5 Å². The van der Waals surface area contributed by atoms with Crippen molar-refractivity contribution in [1.82, 2.24) is 4.90 Å². The molecule has 0 saturated carbocycles. The number of nitrogens with one attached hydrogen (secondary N) is 1. The molecule has 1 aliphatic heterocycles. The topological polar surface area (TPSA) is 94.2 Å². The molecule has 1 N–H and O–H groups in total. The maximum Gasteiger partial charge on any atom is 0.255 e. The summed E-state index contributed by atoms with van der Waals surface area (Å²) in [5.74, 6) is 0.635. The highest BCUT2D eigenvalue weighted by Gasteiger charge is 2.28. The van der Waals surface area contributed by atoms with Crippen LogP contribution < -0.4 is 19.5 Å². The molecule has 8 heteroatoms. The van der Waals surface area contributed by atoms with E-state index in [2.05, 4.69) is 5.32 Å². The fraction of sp³-hybridized carbons (Fsp3) is 0.286. The van der Waals surface area contributed by atoms with Crippen LogP contribution in [0.4, 0.5) is 5.69 Å². The lowest BCUT2D eigenvalue weighted by Crippen LogP contribution is -2.28. The van der Waals surface area contributed by atoms with Crippen LogP contribution in [-0.2, 0) is 16.1 Å². The van der Waals surface area contributed by atoms with Gasteiger partial charge in [-0.15, -0.1) is 0 Å². The van der Waals surface area contributed by atoms with Gasteiger partial charge in [0, 0.05) is 36.2 Å². The monoisotopic (exact) mass is 398 g/mol. The van der Waals surface area contributed by atoms with Crippen LogP contribution in [0.25, 0.3) is 0 Å². The lowest BCUT2D eigenvalue weighted by molar-refractivity contribution is -0.139. The molecule has 1 fully saturated rings. The Hall–Kier alpha value is -3.55. The van der Waals surface area contributed by atoms with Gasteiger partial charge >= 0.3 is 0 Å². The van der Waals surface area contributed by atoms with Gasteiger partial charge in [0.05, 0.1) is 27.9 Å². The first-order valence-electron chi connectivity index (χ1n) is 9.00. The fourth-order valence-electron chi connectivity index (χ4n) is 3.10. The van der Waals surface area contributed by atoms with Crippen LogP contribution in [0, 0.1) is 0 Å². The minimum Gasteiger partial charge on any atom is -0.493 e. The van der Waals surface area contributed by atoms with E-state index in [0.29, 0.717) is 28.5 Å². The molecule has 2 aromatic carbocycles. The molecule has 0 radical (unpaired) electrons. The Kier molecular flexibility index (Phi) is 6.01. The van der Waals surface area contributed by atoms with Crippen molar-refractivity contribution in [3.05, 3.63) is 47.5 Å². The van der Waals surface area contributed by atoms with Crippen molar-refractivity contribution in [3.63, 3.8) is 0 Å². The first kappa shape index (κ1) is 20.2. The minimum absolute atomic E-state index is 0.167. The Morgan fingerprint density at radius 1 is 0.931 bits per heavy atom. The molecule has 3 amide bonds. The number of ether oxygens (including phenoxy) is 3. The number of hydrogen-bond donors (Lipinski definition) is 1. The van der Waals surface area contributed by atoms with E-state index in [9.17, 15) is 14.4 Å². The van der Waals surface area contributed by atoms with E-state index >= 15 is 0 Å². The fourth-order valence-corrected chi connectivity index (χ4v) is 3.10. The third-order valence-electron chi connectivity index (χ3n) is 4.63. The standard InChI is InChI=1S/C21H22N2O6/c1-27-16-10-15(11-17(28-2)20(16)29-3)22-21(26)14-6-4-13(5-7-14)12-23-18(24)8-9-19(23)25/h4-7,10-11H,8-9,12H2,1-3H3,(H,22,26). The average Bonchev–Trinajstić information content (AvgIpc) is 3.05. The van der Waals surface area contributed by atoms with Crippen LogP contribution >= 0.6 is 0 Å². The molecule has 0 aromatic heterocycles. The molecule has 0 aliphatic carbocycles. The molecule has 29 heavy (non-hydrogen) atoms. The third-order valence-corrected chi connectivity index (χ3v) is 4.63. The summed E-state index contributed by atoms with van der Waals surface area (Å²) in [7, 11) is 4.50. The summed E-state index contributed by atoms with van der Waals surface area (Å²) in [6, 6.07) is 10.0. The van der Waals surface area contributed by atoms with Crippen LogP contribution in [0.5, 0.6) is 17.2 Å². The van der Waals surface area contributed by atoms with Crippen molar-refractivity contribution in [2.24, 2.45) is 0 Å². The zero-order chi connectivity index (χ0) is 21.0. The maximum absolute atomic E-state index is 12.6. The number of rotatable bonds is 7. The number of benzene rings is 2. The zero-order valence-electron chi connectivity index (χ0n) is 16.5. The lowest BCUT2D eigenvalue weighted by atomic mass is 10.1. The Morgan fingerprint density at radius 2 is 1.48 bits per heavy atom. The van der Waals surface area contributed by atoms with Gasteiger partial charge in [0.25, 0.3) is 5.91 Å². The predicted molar refractivity (Wildman–Crippen MR) is 105 cm³/mol. The molecule has 0 spiro atoms. The first-order chi connectivity index (χ1) is 14.0. The molecular formula is C21H22N2O6. The molecular weight excluding hydrogens is 376 g/mol. The third kappa shape index (κ3) is 4.31. The quantitative estimate of drug-likeness (QED) is 0.721. The van der Waals surface area contributed by atoms with E-state index in [-0.39, 0.29) is 37.1 Å². The zero-order valence-corrected chi connectivity index (χ0v) is 16.5. The molecule has 2 aromatic rings. The van der Waals surface area contributed by atoms with Crippen molar-refractivity contribution >= 4 is 23.4 Å². The molecule has 0 atom stereocenters. The van der Waals surface area contributed by atoms with Crippen LogP contribution in [0.3, 0.4) is 0 Å². The smallest absolute Gasteiger partial charge is 0.255 e. The van der Waals surface area contributed by atoms with Crippen LogP contribution in [0.15, 0.2) is 36.4 Å². The highest BCUT2D eigenvalue weighted by atomic mass is 16.5. The Bertz CT molecular complexity index is 898. The van der Waals surface area contributed by atoms with E-state index in [1.165, 1.54) is 26.2 Å². The van der Waals surface area contributed by atoms with Crippen molar-refractivity contribution in [2.75, 3.05) is 26.6 Å². The summed E-state index contributed by atoms with van der Waals surface area (Å²) in [4.78, 5) is 37.3. The largest absolute Gasteiger partial charge is 0.493 e. The second-order valence-corrected chi connectivity index (χ2v) is 6.44. The molecule has 0 bridgehead atoms. The van der Waals surface area contributed by atoms with Gasteiger partial charge in [-0.05, 0) is 17.7 Å². The maximum atomic E-state index is 12.6. The second kappa shape index (κ2) is 8.64. The summed E-state index contributed by atoms with van der Waals surface area (Å²) in [6.45, 7) is 0.215. The summed E-state index contributed by atoms with van der Waals surface area (Å²) < 4.78 is 15.8. The summed E-state index contributed by atoms with van der Waals surface area (Å²) in [5.41, 5.74) is 1.70. The molecule has 3 rings (SSSR count). The van der Waals surface area contributed by atoms with Gasteiger partial charge in [-0.2, -0.15) is 0 Å². The summed E-state index contributed by atoms with van der Waals surface area (Å²) in [5, 5.41) is 2.79. The number of likely N-dealkylation sites (tertiary alicyclic amines) is 1. The predicted octanol–water partition coefficient (Wildman–Crippen LogP) is 2.61. The molecule has 0 unspecified atom stereocenters. The Labute approximate surface area is 168 Å². The van der Waals surface area contributed by atoms with E-state index in [1.54, 1.807) is 36.4 Å². The van der Waals surface area contributed by atoms with E-state index in [0.717, 1.165) is 5.56 Å². The number of amides is 3. The summed E-state index contributed by atoms with van der Waals surface area (Å²) >= 11 is 0. The lowest BCUT2D eigenvalue weighted by Gasteiger charge is -2.15. The van der Waals surface area contributed by atoms with Crippen molar-refractivity contribution in [1.29, 1.82) is 0 Å². The van der Waals surface area contributed by atoms with Gasteiger partial charge in [0.2, 0.25) is 17.6 Å². The SMILES string of the molecule is COc1cc(NC(=O)c2ccc(CN3C(=O)CCC3=O)cc2)cc(OC)c1OC. The van der Waals surface area contributed by atoms with Gasteiger partial charge in [-0.1, -0.05) is 12.1 Å².